The van der Waals surface area contributed by atoms with Gasteiger partial charge in [0.05, 0.1) is 44.9 Å². The van der Waals surface area contributed by atoms with Gasteiger partial charge >= 0.3 is 11.9 Å². The summed E-state index contributed by atoms with van der Waals surface area (Å²) in [5, 5.41) is 19.8. The fourth-order valence-corrected chi connectivity index (χ4v) is 5.37. The van der Waals surface area contributed by atoms with Crippen molar-refractivity contribution in [1.82, 2.24) is 19.9 Å². The van der Waals surface area contributed by atoms with Crippen LogP contribution in [0.3, 0.4) is 0 Å². The number of fused-ring (bicyclic) bond motifs is 2. The standard InChI is InChI=1S/C36H22N4O4/c41-35(42)25-17-9-19-27-31(25)39-29(21-11-3-1-4-12-21)33(37-27)23-15-7-8-16-24(23)34-30(22-13-5-2-6-14-22)40-32-26(36(43)44)18-10-20-28(32)38-34/h1-20H,(H,41,42)(H,43,44). The molecule has 2 aromatic heterocycles. The van der Waals surface area contributed by atoms with Gasteiger partial charge in [-0.15, -0.1) is 0 Å². The van der Waals surface area contributed by atoms with E-state index in [-0.39, 0.29) is 22.2 Å². The quantitative estimate of drug-likeness (QED) is 0.208. The predicted octanol–water partition coefficient (Wildman–Crippen LogP) is 7.64. The van der Waals surface area contributed by atoms with Crippen molar-refractivity contribution in [3.8, 4) is 45.0 Å². The normalized spacial score (nSPS) is 11.1. The molecule has 0 aliphatic carbocycles. The molecule has 7 rings (SSSR count). The van der Waals surface area contributed by atoms with E-state index in [4.69, 9.17) is 19.9 Å². The lowest BCUT2D eigenvalue weighted by molar-refractivity contribution is 0.0688. The molecular weight excluding hydrogens is 552 g/mol. The van der Waals surface area contributed by atoms with Crippen molar-refractivity contribution in [2.45, 2.75) is 0 Å². The zero-order chi connectivity index (χ0) is 30.2. The average Bonchev–Trinajstić information content (AvgIpc) is 3.07. The number of nitrogens with zero attached hydrogens (tertiary/aromatic N) is 4. The topological polar surface area (TPSA) is 126 Å². The number of para-hydroxylation sites is 2. The average molecular weight is 575 g/mol. The van der Waals surface area contributed by atoms with Crippen LogP contribution in [0.2, 0.25) is 0 Å². The van der Waals surface area contributed by atoms with E-state index < -0.39 is 11.9 Å². The van der Waals surface area contributed by atoms with Gasteiger partial charge in [0.2, 0.25) is 0 Å². The Morgan fingerprint density at radius 3 is 1.18 bits per heavy atom. The number of aromatic carboxylic acids is 2. The first-order chi connectivity index (χ1) is 21.5. The summed E-state index contributed by atoms with van der Waals surface area (Å²) < 4.78 is 0. The molecule has 0 saturated heterocycles. The maximum atomic E-state index is 12.1. The summed E-state index contributed by atoms with van der Waals surface area (Å²) in [4.78, 5) is 44.0. The minimum absolute atomic E-state index is 0.0630. The van der Waals surface area contributed by atoms with Gasteiger partial charge in [0, 0.05) is 22.3 Å². The smallest absolute Gasteiger partial charge is 0.337 e. The molecule has 8 heteroatoms. The Hall–Kier alpha value is -6.28. The minimum atomic E-state index is -1.09. The van der Waals surface area contributed by atoms with Gasteiger partial charge in [-0.1, -0.05) is 97.1 Å². The zero-order valence-corrected chi connectivity index (χ0v) is 23.0. The lowest BCUT2D eigenvalue weighted by Crippen LogP contribution is -2.04. The van der Waals surface area contributed by atoms with Gasteiger partial charge < -0.3 is 10.2 Å². The van der Waals surface area contributed by atoms with Crippen molar-refractivity contribution in [1.29, 1.82) is 0 Å². The second kappa shape index (κ2) is 10.8. The minimum Gasteiger partial charge on any atom is -0.478 e. The van der Waals surface area contributed by atoms with Crippen molar-refractivity contribution in [3.63, 3.8) is 0 Å². The Balaban J connectivity index is 1.56. The number of hydrogen-bond acceptors (Lipinski definition) is 6. The largest absolute Gasteiger partial charge is 0.478 e. The second-order valence-electron chi connectivity index (χ2n) is 10.1. The molecular formula is C36H22N4O4. The van der Waals surface area contributed by atoms with Crippen molar-refractivity contribution in [2.24, 2.45) is 0 Å². The molecule has 0 unspecified atom stereocenters. The van der Waals surface area contributed by atoms with Crippen LogP contribution in [0, 0.1) is 0 Å². The molecule has 0 saturated carbocycles. The van der Waals surface area contributed by atoms with Gasteiger partial charge in [-0.2, -0.15) is 0 Å². The van der Waals surface area contributed by atoms with Crippen LogP contribution in [0.15, 0.2) is 121 Å². The van der Waals surface area contributed by atoms with Gasteiger partial charge in [0.1, 0.15) is 11.0 Å². The number of hydrogen-bond donors (Lipinski definition) is 2. The lowest BCUT2D eigenvalue weighted by Gasteiger charge is -2.17. The van der Waals surface area contributed by atoms with Crippen LogP contribution in [0.5, 0.6) is 0 Å². The van der Waals surface area contributed by atoms with E-state index >= 15 is 0 Å². The SMILES string of the molecule is O=C(O)c1cccc2nc(-c3ccccc3-c3nc4cccc(C(=O)O)c4nc3-c3ccccc3)c(-c3ccccc3)nc12. The third kappa shape index (κ3) is 4.60. The third-order valence-corrected chi connectivity index (χ3v) is 7.38. The van der Waals surface area contributed by atoms with E-state index in [1.165, 1.54) is 12.1 Å². The number of carboxylic acid groups (broad SMARTS) is 2. The highest BCUT2D eigenvalue weighted by Crippen LogP contribution is 2.40. The maximum absolute atomic E-state index is 12.1. The first-order valence-electron chi connectivity index (χ1n) is 13.8. The fraction of sp³-hybridized carbons (Fsp3) is 0. The van der Waals surface area contributed by atoms with Gasteiger partial charge in [-0.05, 0) is 24.3 Å². The van der Waals surface area contributed by atoms with Crippen molar-refractivity contribution >= 4 is 34.0 Å². The molecule has 0 spiro atoms. The molecule has 0 aliphatic rings. The Morgan fingerprint density at radius 2 is 0.795 bits per heavy atom. The fourth-order valence-electron chi connectivity index (χ4n) is 5.37. The molecule has 5 aromatic carbocycles. The summed E-state index contributed by atoms with van der Waals surface area (Å²) in [7, 11) is 0. The van der Waals surface area contributed by atoms with Crippen molar-refractivity contribution in [2.75, 3.05) is 0 Å². The number of rotatable bonds is 6. The number of carbonyl (C=O) groups is 2. The Kier molecular flexibility index (Phi) is 6.56. The number of carboxylic acids is 2. The maximum Gasteiger partial charge on any atom is 0.337 e. The number of aromatic nitrogens is 4. The number of benzene rings is 5. The summed E-state index contributed by atoms with van der Waals surface area (Å²) >= 11 is 0. The summed E-state index contributed by atoms with van der Waals surface area (Å²) in [5.74, 6) is -2.17. The molecule has 7 aromatic rings. The van der Waals surface area contributed by atoms with Crippen LogP contribution in [0.4, 0.5) is 0 Å². The Labute approximate surface area is 251 Å². The highest BCUT2D eigenvalue weighted by molar-refractivity contribution is 6.04. The summed E-state index contributed by atoms with van der Waals surface area (Å²) in [6.45, 7) is 0. The lowest BCUT2D eigenvalue weighted by atomic mass is 9.94. The molecule has 0 radical (unpaired) electrons. The Bertz CT molecular complexity index is 2080. The van der Waals surface area contributed by atoms with E-state index in [2.05, 4.69) is 0 Å². The van der Waals surface area contributed by atoms with Crippen LogP contribution in [-0.4, -0.2) is 42.1 Å². The van der Waals surface area contributed by atoms with E-state index in [0.717, 1.165) is 11.1 Å². The summed E-state index contributed by atoms with van der Waals surface area (Å²) in [6, 6.07) is 36.5. The van der Waals surface area contributed by atoms with Gasteiger partial charge in [0.25, 0.3) is 0 Å². The molecule has 0 fully saturated rings. The van der Waals surface area contributed by atoms with Crippen LogP contribution in [0.25, 0.3) is 67.1 Å². The van der Waals surface area contributed by atoms with Crippen LogP contribution >= 0.6 is 0 Å². The van der Waals surface area contributed by atoms with E-state index in [0.29, 0.717) is 44.9 Å². The molecule has 0 atom stereocenters. The molecule has 210 valence electrons. The Morgan fingerprint density at radius 1 is 0.409 bits per heavy atom. The van der Waals surface area contributed by atoms with E-state index in [1.807, 2.05) is 84.9 Å². The highest BCUT2D eigenvalue weighted by atomic mass is 16.4. The third-order valence-electron chi connectivity index (χ3n) is 7.38. The van der Waals surface area contributed by atoms with Crippen molar-refractivity contribution < 1.29 is 19.8 Å². The molecule has 2 N–H and O–H groups in total. The summed E-state index contributed by atoms with van der Waals surface area (Å²) in [5.41, 5.74) is 6.66. The van der Waals surface area contributed by atoms with Crippen LogP contribution in [-0.2, 0) is 0 Å². The molecule has 2 heterocycles. The second-order valence-corrected chi connectivity index (χ2v) is 10.1. The summed E-state index contributed by atoms with van der Waals surface area (Å²) in [6.07, 6.45) is 0. The molecule has 0 bridgehead atoms. The van der Waals surface area contributed by atoms with Gasteiger partial charge in [0.15, 0.2) is 0 Å². The van der Waals surface area contributed by atoms with Crippen LogP contribution < -0.4 is 0 Å². The van der Waals surface area contributed by atoms with Crippen molar-refractivity contribution in [3.05, 3.63) is 132 Å². The first kappa shape index (κ1) is 26.6. The molecule has 8 nitrogen and oxygen atoms in total. The highest BCUT2D eigenvalue weighted by Gasteiger charge is 2.23. The van der Waals surface area contributed by atoms with Crippen LogP contribution in [0.1, 0.15) is 20.7 Å². The van der Waals surface area contributed by atoms with Gasteiger partial charge in [-0.3, -0.25) is 0 Å². The van der Waals surface area contributed by atoms with E-state index in [9.17, 15) is 19.8 Å². The molecule has 0 amide bonds. The van der Waals surface area contributed by atoms with Gasteiger partial charge in [-0.25, -0.2) is 29.5 Å². The monoisotopic (exact) mass is 574 g/mol. The molecule has 0 aliphatic heterocycles. The molecule has 44 heavy (non-hydrogen) atoms. The first-order valence-corrected chi connectivity index (χ1v) is 13.8. The zero-order valence-electron chi connectivity index (χ0n) is 23.0. The predicted molar refractivity (Wildman–Crippen MR) is 168 cm³/mol. The van der Waals surface area contributed by atoms with E-state index in [1.54, 1.807) is 24.3 Å².